The maximum Gasteiger partial charge on any atom is 0.270 e. The molecule has 2 aromatic heterocycles. The van der Waals surface area contributed by atoms with Gasteiger partial charge >= 0.3 is 0 Å². The fourth-order valence-electron chi connectivity index (χ4n) is 6.39. The van der Waals surface area contributed by atoms with Gasteiger partial charge in [-0.1, -0.05) is 92.1 Å². The quantitative estimate of drug-likeness (QED) is 0.209. The lowest BCUT2D eigenvalue weighted by molar-refractivity contribution is -0.127. The minimum atomic E-state index is -1.21. The molecule has 1 saturated carbocycles. The number of carbonyl (C=O) groups excluding carboxylic acids is 2. The van der Waals surface area contributed by atoms with Crippen LogP contribution in [-0.2, 0) is 16.6 Å². The maximum atomic E-state index is 14.2. The number of carbonyl (C=O) groups is 2. The molecule has 6 nitrogen and oxygen atoms in total. The zero-order chi connectivity index (χ0) is 28.3. The number of H-pyrrole nitrogens is 1. The van der Waals surface area contributed by atoms with E-state index in [2.05, 4.69) is 44.9 Å². The second-order valence-electron chi connectivity index (χ2n) is 11.6. The Hall–Kier alpha value is -4.45. The largest absolute Gasteiger partial charge is 0.361 e. The van der Waals surface area contributed by atoms with Gasteiger partial charge in [0.15, 0.2) is 0 Å². The standard InChI is InChI=1S/C35H36N4O2/c1-34(21-27-23-36-30-17-9-8-16-29(27)30,39-32(40)31-20-25-12-6-7-13-26(25)22-37-31)33(41)38-24-35(18-10-3-11-19-35)28-14-4-2-5-15-28/h2,4-9,12-17,20,22-23,36H,3,10-11,18-19,21,24H2,1H3,(H,38,41)(H,39,40). The number of hydrogen-bond acceptors (Lipinski definition) is 3. The lowest BCUT2D eigenvalue weighted by atomic mass is 9.69. The van der Waals surface area contributed by atoms with Gasteiger partial charge in [-0.3, -0.25) is 14.6 Å². The van der Waals surface area contributed by atoms with Crippen LogP contribution in [0.1, 0.15) is 60.6 Å². The minimum absolute atomic E-state index is 0.110. The highest BCUT2D eigenvalue weighted by molar-refractivity contribution is 6.00. The number of hydrogen-bond donors (Lipinski definition) is 3. The third-order valence-electron chi connectivity index (χ3n) is 8.76. The molecule has 6 heteroatoms. The first kappa shape index (κ1) is 26.8. The Morgan fingerprint density at radius 2 is 1.61 bits per heavy atom. The number of benzene rings is 3. The van der Waals surface area contributed by atoms with E-state index in [0.717, 1.165) is 52.9 Å². The summed E-state index contributed by atoms with van der Waals surface area (Å²) in [4.78, 5) is 35.5. The summed E-state index contributed by atoms with van der Waals surface area (Å²) in [6, 6.07) is 28.1. The van der Waals surface area contributed by atoms with Crippen molar-refractivity contribution in [3.8, 4) is 0 Å². The first-order valence-corrected chi connectivity index (χ1v) is 14.5. The van der Waals surface area contributed by atoms with Crippen LogP contribution in [0.2, 0.25) is 0 Å². The van der Waals surface area contributed by atoms with Crippen LogP contribution in [0.3, 0.4) is 0 Å². The molecule has 5 aromatic rings. The van der Waals surface area contributed by atoms with E-state index in [1.807, 2.05) is 67.7 Å². The summed E-state index contributed by atoms with van der Waals surface area (Å²) >= 11 is 0. The third kappa shape index (κ3) is 5.47. The molecule has 1 aliphatic carbocycles. The van der Waals surface area contributed by atoms with Crippen LogP contribution in [0.25, 0.3) is 21.7 Å². The smallest absolute Gasteiger partial charge is 0.270 e. The molecule has 1 fully saturated rings. The van der Waals surface area contributed by atoms with Crippen molar-refractivity contribution in [2.75, 3.05) is 6.54 Å². The van der Waals surface area contributed by atoms with Gasteiger partial charge in [-0.05, 0) is 48.4 Å². The second kappa shape index (κ2) is 11.2. The number of rotatable bonds is 8. The first-order valence-electron chi connectivity index (χ1n) is 14.5. The van der Waals surface area contributed by atoms with E-state index in [0.29, 0.717) is 13.0 Å². The van der Waals surface area contributed by atoms with Crippen molar-refractivity contribution >= 4 is 33.5 Å². The fourth-order valence-corrected chi connectivity index (χ4v) is 6.39. The number of aromatic amines is 1. The van der Waals surface area contributed by atoms with Crippen molar-refractivity contribution in [3.63, 3.8) is 0 Å². The van der Waals surface area contributed by atoms with Crippen LogP contribution in [0.15, 0.2) is 97.3 Å². The Balaban J connectivity index is 1.30. The maximum absolute atomic E-state index is 14.2. The number of nitrogens with one attached hydrogen (secondary N) is 3. The highest BCUT2D eigenvalue weighted by atomic mass is 16.2. The molecule has 0 radical (unpaired) electrons. The molecular weight excluding hydrogens is 508 g/mol. The highest BCUT2D eigenvalue weighted by Crippen LogP contribution is 2.39. The van der Waals surface area contributed by atoms with Crippen LogP contribution >= 0.6 is 0 Å². The van der Waals surface area contributed by atoms with Crippen molar-refractivity contribution in [1.82, 2.24) is 20.6 Å². The van der Waals surface area contributed by atoms with E-state index in [9.17, 15) is 9.59 Å². The first-order chi connectivity index (χ1) is 20.0. The van der Waals surface area contributed by atoms with Crippen LogP contribution in [0.4, 0.5) is 0 Å². The lowest BCUT2D eigenvalue weighted by Crippen LogP contribution is -2.59. The van der Waals surface area contributed by atoms with E-state index >= 15 is 0 Å². The van der Waals surface area contributed by atoms with E-state index < -0.39 is 5.54 Å². The van der Waals surface area contributed by atoms with E-state index in [1.54, 1.807) is 12.3 Å². The summed E-state index contributed by atoms with van der Waals surface area (Å²) in [6.45, 7) is 2.35. The van der Waals surface area contributed by atoms with Crippen LogP contribution < -0.4 is 10.6 Å². The monoisotopic (exact) mass is 544 g/mol. The molecule has 6 rings (SSSR count). The van der Waals surface area contributed by atoms with Gasteiger partial charge in [-0.2, -0.15) is 0 Å². The van der Waals surface area contributed by atoms with Crippen LogP contribution in [-0.4, -0.2) is 33.9 Å². The highest BCUT2D eigenvalue weighted by Gasteiger charge is 2.39. The molecule has 1 atom stereocenters. The van der Waals surface area contributed by atoms with E-state index in [1.165, 1.54) is 12.0 Å². The summed E-state index contributed by atoms with van der Waals surface area (Å²) < 4.78 is 0. The Morgan fingerprint density at radius 1 is 0.902 bits per heavy atom. The number of para-hydroxylation sites is 1. The van der Waals surface area contributed by atoms with Crippen molar-refractivity contribution in [3.05, 3.63) is 114 Å². The molecule has 41 heavy (non-hydrogen) atoms. The average molecular weight is 545 g/mol. The zero-order valence-electron chi connectivity index (χ0n) is 23.5. The van der Waals surface area contributed by atoms with Crippen LogP contribution in [0.5, 0.6) is 0 Å². The number of fused-ring (bicyclic) bond motifs is 2. The van der Waals surface area contributed by atoms with Gasteiger partial charge in [-0.25, -0.2) is 0 Å². The van der Waals surface area contributed by atoms with Gasteiger partial charge in [0.1, 0.15) is 11.2 Å². The van der Waals surface area contributed by atoms with Gasteiger partial charge in [-0.15, -0.1) is 0 Å². The predicted octanol–water partition coefficient (Wildman–Crippen LogP) is 6.47. The molecule has 208 valence electrons. The SMILES string of the molecule is CC(Cc1c[nH]c2ccccc12)(NC(=O)c1cc2ccccc2cn1)C(=O)NCC1(c2ccccc2)CCCCC1. The lowest BCUT2D eigenvalue weighted by Gasteiger charge is -2.39. The van der Waals surface area contributed by atoms with Crippen molar-refractivity contribution < 1.29 is 9.59 Å². The van der Waals surface area contributed by atoms with Crippen molar-refractivity contribution in [1.29, 1.82) is 0 Å². The number of amides is 2. The molecule has 0 spiro atoms. The van der Waals surface area contributed by atoms with Gasteiger partial charge in [0.25, 0.3) is 5.91 Å². The molecule has 0 saturated heterocycles. The molecule has 3 aromatic carbocycles. The zero-order valence-corrected chi connectivity index (χ0v) is 23.5. The fraction of sp³-hybridized carbons (Fsp3) is 0.286. The molecule has 1 aliphatic rings. The molecule has 0 aliphatic heterocycles. The average Bonchev–Trinajstić information content (AvgIpc) is 3.42. The van der Waals surface area contributed by atoms with Crippen molar-refractivity contribution in [2.45, 2.75) is 56.4 Å². The summed E-state index contributed by atoms with van der Waals surface area (Å²) in [6.07, 6.45) is 9.53. The van der Waals surface area contributed by atoms with Crippen molar-refractivity contribution in [2.24, 2.45) is 0 Å². The predicted molar refractivity (Wildman–Crippen MR) is 164 cm³/mol. The van der Waals surface area contributed by atoms with Gasteiger partial charge in [0.2, 0.25) is 5.91 Å². The van der Waals surface area contributed by atoms with Crippen LogP contribution in [0, 0.1) is 0 Å². The van der Waals surface area contributed by atoms with E-state index in [4.69, 9.17) is 0 Å². The Kier molecular flexibility index (Phi) is 7.31. The minimum Gasteiger partial charge on any atom is -0.361 e. The summed E-state index contributed by atoms with van der Waals surface area (Å²) in [5, 5.41) is 9.31. The Morgan fingerprint density at radius 3 is 2.41 bits per heavy atom. The van der Waals surface area contributed by atoms with E-state index in [-0.39, 0.29) is 22.9 Å². The normalized spacial score (nSPS) is 16.2. The van der Waals surface area contributed by atoms with Gasteiger partial charge < -0.3 is 15.6 Å². The van der Waals surface area contributed by atoms with Gasteiger partial charge in [0, 0.05) is 47.1 Å². The molecule has 1 unspecified atom stereocenters. The number of pyridine rings is 1. The molecule has 2 amide bonds. The number of aromatic nitrogens is 2. The third-order valence-corrected chi connectivity index (χ3v) is 8.76. The Bertz CT molecular complexity index is 1690. The molecule has 2 heterocycles. The molecule has 3 N–H and O–H groups in total. The molecular formula is C35H36N4O2. The summed E-state index contributed by atoms with van der Waals surface area (Å²) in [5.41, 5.74) is 2.21. The summed E-state index contributed by atoms with van der Waals surface area (Å²) in [5.74, 6) is -0.568. The van der Waals surface area contributed by atoms with Gasteiger partial charge in [0.05, 0.1) is 0 Å². The number of nitrogens with zero attached hydrogens (tertiary/aromatic N) is 1. The summed E-state index contributed by atoms with van der Waals surface area (Å²) in [7, 11) is 0. The second-order valence-corrected chi connectivity index (χ2v) is 11.6. The molecule has 0 bridgehead atoms. The topological polar surface area (TPSA) is 86.9 Å². The Labute approximate surface area is 240 Å².